The van der Waals surface area contributed by atoms with E-state index in [4.69, 9.17) is 20.9 Å². The fourth-order valence-corrected chi connectivity index (χ4v) is 3.79. The topological polar surface area (TPSA) is 80.5 Å². The molecule has 0 bridgehead atoms. The molecule has 2 amide bonds. The first-order valence-corrected chi connectivity index (χ1v) is 10.8. The molecule has 4 rings (SSSR count). The van der Waals surface area contributed by atoms with Crippen molar-refractivity contribution in [1.29, 1.82) is 0 Å². The van der Waals surface area contributed by atoms with Crippen molar-refractivity contribution in [3.8, 4) is 11.5 Å². The van der Waals surface area contributed by atoms with Gasteiger partial charge in [-0.1, -0.05) is 41.0 Å². The van der Waals surface area contributed by atoms with E-state index >= 15 is 0 Å². The lowest BCUT2D eigenvalue weighted by Gasteiger charge is -2.32. The first-order chi connectivity index (χ1) is 15.1. The van der Waals surface area contributed by atoms with Crippen molar-refractivity contribution in [2.75, 3.05) is 25.0 Å². The van der Waals surface area contributed by atoms with Crippen LogP contribution in [0.4, 0.5) is 10.5 Å². The Hall–Kier alpha value is -2.90. The van der Waals surface area contributed by atoms with Crippen molar-refractivity contribution in [2.45, 2.75) is 32.3 Å². The number of nitrogens with zero attached hydrogens (tertiary/aromatic N) is 3. The van der Waals surface area contributed by atoms with E-state index in [9.17, 15) is 4.79 Å². The van der Waals surface area contributed by atoms with Gasteiger partial charge in [-0.3, -0.25) is 0 Å². The second-order valence-corrected chi connectivity index (χ2v) is 8.01. The number of anilines is 1. The van der Waals surface area contributed by atoms with Crippen LogP contribution in [0.15, 0.2) is 53.1 Å². The highest BCUT2D eigenvalue weighted by Crippen LogP contribution is 2.24. The smallest absolute Gasteiger partial charge is 0.321 e. The number of benzene rings is 2. The maximum Gasteiger partial charge on any atom is 0.321 e. The molecular formula is C23H25ClN4O3. The van der Waals surface area contributed by atoms with Crippen molar-refractivity contribution >= 4 is 23.3 Å². The highest BCUT2D eigenvalue weighted by atomic mass is 35.5. The van der Waals surface area contributed by atoms with E-state index in [1.54, 1.807) is 4.90 Å². The summed E-state index contributed by atoms with van der Waals surface area (Å²) >= 11 is 6.21. The molecule has 0 aliphatic carbocycles. The zero-order valence-electron chi connectivity index (χ0n) is 17.4. The van der Waals surface area contributed by atoms with Gasteiger partial charge in [0.05, 0.1) is 23.4 Å². The highest BCUT2D eigenvalue weighted by molar-refractivity contribution is 6.33. The van der Waals surface area contributed by atoms with E-state index in [0.29, 0.717) is 48.5 Å². The monoisotopic (exact) mass is 440 g/mol. The zero-order valence-corrected chi connectivity index (χ0v) is 18.1. The fraction of sp³-hybridized carbons (Fsp3) is 0.348. The molecule has 1 aliphatic rings. The van der Waals surface area contributed by atoms with Crippen LogP contribution in [0.5, 0.6) is 0 Å². The number of likely N-dealkylation sites (tertiary alicyclic amines) is 1. The molecule has 1 aliphatic heterocycles. The minimum absolute atomic E-state index is 0.118. The van der Waals surface area contributed by atoms with Gasteiger partial charge >= 0.3 is 6.03 Å². The van der Waals surface area contributed by atoms with Gasteiger partial charge in [-0.05, 0) is 49.6 Å². The van der Waals surface area contributed by atoms with Crippen LogP contribution in [0.3, 0.4) is 0 Å². The Labute approximate surface area is 186 Å². The molecule has 162 valence electrons. The molecule has 1 aromatic heterocycles. The Morgan fingerprint density at radius 3 is 2.74 bits per heavy atom. The van der Waals surface area contributed by atoms with Crippen LogP contribution in [0.2, 0.25) is 5.02 Å². The minimum Gasteiger partial charge on any atom is -0.378 e. The van der Waals surface area contributed by atoms with E-state index in [-0.39, 0.29) is 12.1 Å². The van der Waals surface area contributed by atoms with Crippen LogP contribution in [0.1, 0.15) is 24.2 Å². The Morgan fingerprint density at radius 1 is 1.23 bits per heavy atom. The molecular weight excluding hydrogens is 416 g/mol. The average Bonchev–Trinajstić information content (AvgIpc) is 3.26. The van der Waals surface area contributed by atoms with E-state index < -0.39 is 0 Å². The van der Waals surface area contributed by atoms with Crippen molar-refractivity contribution in [1.82, 2.24) is 15.0 Å². The Morgan fingerprint density at radius 2 is 2.00 bits per heavy atom. The van der Waals surface area contributed by atoms with Crippen LogP contribution in [-0.2, 0) is 11.2 Å². The number of urea groups is 1. The summed E-state index contributed by atoms with van der Waals surface area (Å²) in [5.41, 5.74) is 2.59. The zero-order chi connectivity index (χ0) is 21.6. The standard InChI is InChI=1S/C23H25ClN4O3/c1-16-7-8-20(19(24)15-16)25-23(29)28-12-9-18(10-13-28)30-14-11-21-26-22(31-27-21)17-5-3-2-4-6-17/h2-8,15,18H,9-14H2,1H3,(H,25,29). The maximum absolute atomic E-state index is 12.5. The second-order valence-electron chi connectivity index (χ2n) is 7.60. The van der Waals surface area contributed by atoms with Gasteiger partial charge in [0.15, 0.2) is 5.82 Å². The molecule has 1 N–H and O–H groups in total. The van der Waals surface area contributed by atoms with Gasteiger partial charge in [-0.2, -0.15) is 4.98 Å². The van der Waals surface area contributed by atoms with E-state index in [0.717, 1.165) is 24.0 Å². The fourth-order valence-electron chi connectivity index (χ4n) is 3.51. The number of ether oxygens (including phenoxy) is 1. The summed E-state index contributed by atoms with van der Waals surface area (Å²) in [5, 5.41) is 7.46. The van der Waals surface area contributed by atoms with E-state index in [2.05, 4.69) is 15.5 Å². The van der Waals surface area contributed by atoms with Crippen molar-refractivity contribution in [3.63, 3.8) is 0 Å². The van der Waals surface area contributed by atoms with Gasteiger partial charge in [0.2, 0.25) is 0 Å². The number of nitrogens with one attached hydrogen (secondary N) is 1. The lowest BCUT2D eigenvalue weighted by atomic mass is 10.1. The summed E-state index contributed by atoms with van der Waals surface area (Å²) < 4.78 is 11.3. The third-order valence-electron chi connectivity index (χ3n) is 5.26. The lowest BCUT2D eigenvalue weighted by Crippen LogP contribution is -2.43. The van der Waals surface area contributed by atoms with Gasteiger partial charge in [0.25, 0.3) is 5.89 Å². The molecule has 0 saturated carbocycles. The van der Waals surface area contributed by atoms with E-state index in [1.165, 1.54) is 0 Å². The SMILES string of the molecule is Cc1ccc(NC(=O)N2CCC(OCCc3noc(-c4ccccc4)n3)CC2)c(Cl)c1. The molecule has 1 fully saturated rings. The number of piperidine rings is 1. The number of halogens is 1. The molecule has 7 nitrogen and oxygen atoms in total. The van der Waals surface area contributed by atoms with Crippen LogP contribution < -0.4 is 5.32 Å². The summed E-state index contributed by atoms with van der Waals surface area (Å²) in [7, 11) is 0. The van der Waals surface area contributed by atoms with Crippen LogP contribution in [-0.4, -0.2) is 46.9 Å². The molecule has 31 heavy (non-hydrogen) atoms. The van der Waals surface area contributed by atoms with Crippen molar-refractivity contribution in [2.24, 2.45) is 0 Å². The van der Waals surface area contributed by atoms with Gasteiger partial charge in [-0.15, -0.1) is 0 Å². The number of aromatic nitrogens is 2. The van der Waals surface area contributed by atoms with Crippen LogP contribution in [0, 0.1) is 6.92 Å². The van der Waals surface area contributed by atoms with Gasteiger partial charge in [0, 0.05) is 25.1 Å². The predicted molar refractivity (Wildman–Crippen MR) is 119 cm³/mol. The predicted octanol–water partition coefficient (Wildman–Crippen LogP) is 4.95. The molecule has 8 heteroatoms. The Kier molecular flexibility index (Phi) is 6.84. The van der Waals surface area contributed by atoms with Gasteiger partial charge in [0.1, 0.15) is 0 Å². The largest absolute Gasteiger partial charge is 0.378 e. The maximum atomic E-state index is 12.5. The number of hydrogen-bond acceptors (Lipinski definition) is 5. The number of rotatable bonds is 6. The first kappa shape index (κ1) is 21.3. The van der Waals surface area contributed by atoms with Crippen molar-refractivity contribution in [3.05, 3.63) is 64.9 Å². The molecule has 0 spiro atoms. The van der Waals surface area contributed by atoms with Gasteiger partial charge < -0.3 is 19.5 Å². The summed E-state index contributed by atoms with van der Waals surface area (Å²) in [5.74, 6) is 1.15. The van der Waals surface area contributed by atoms with Crippen LogP contribution >= 0.6 is 11.6 Å². The summed E-state index contributed by atoms with van der Waals surface area (Å²) in [6.45, 7) is 3.76. The lowest BCUT2D eigenvalue weighted by molar-refractivity contribution is 0.0168. The quantitative estimate of drug-likeness (QED) is 0.586. The normalized spacial score (nSPS) is 14.6. The highest BCUT2D eigenvalue weighted by Gasteiger charge is 2.24. The van der Waals surface area contributed by atoms with Gasteiger partial charge in [-0.25, -0.2) is 4.79 Å². The third kappa shape index (κ3) is 5.62. The number of hydrogen-bond donors (Lipinski definition) is 1. The Bertz CT molecular complexity index is 1020. The minimum atomic E-state index is -0.135. The molecule has 3 aromatic rings. The first-order valence-electron chi connectivity index (χ1n) is 10.4. The summed E-state index contributed by atoms with van der Waals surface area (Å²) in [6.07, 6.45) is 2.28. The molecule has 0 radical (unpaired) electrons. The molecule has 0 atom stereocenters. The number of amides is 2. The van der Waals surface area contributed by atoms with Crippen LogP contribution in [0.25, 0.3) is 11.5 Å². The third-order valence-corrected chi connectivity index (χ3v) is 5.58. The van der Waals surface area contributed by atoms with Crippen molar-refractivity contribution < 1.29 is 14.1 Å². The molecule has 2 heterocycles. The number of carbonyl (C=O) groups is 1. The summed E-state index contributed by atoms with van der Waals surface area (Å²) in [6, 6.07) is 15.1. The second kappa shape index (κ2) is 9.94. The number of carbonyl (C=O) groups excluding carboxylic acids is 1. The van der Waals surface area contributed by atoms with E-state index in [1.807, 2.05) is 55.5 Å². The summed E-state index contributed by atoms with van der Waals surface area (Å²) in [4.78, 5) is 18.7. The average molecular weight is 441 g/mol. The molecule has 2 aromatic carbocycles. The molecule has 0 unspecified atom stereocenters. The Balaban J connectivity index is 1.19. The number of aryl methyl sites for hydroxylation is 1. The molecule has 1 saturated heterocycles.